The fraction of sp³-hybridized carbons (Fsp3) is 0.294. The maximum Gasteiger partial charge on any atom is 0.219 e. The summed E-state index contributed by atoms with van der Waals surface area (Å²) in [5, 5.41) is 12.0. The smallest absolute Gasteiger partial charge is 0.219 e. The molecule has 1 atom stereocenters. The van der Waals surface area contributed by atoms with E-state index in [0.29, 0.717) is 11.6 Å². The average molecular weight is 300 g/mol. The quantitative estimate of drug-likeness (QED) is 0.860. The van der Waals surface area contributed by atoms with E-state index in [4.69, 9.17) is 4.74 Å². The molecule has 0 aliphatic heterocycles. The van der Waals surface area contributed by atoms with Crippen LogP contribution in [-0.2, 0) is 11.2 Å². The number of pyridine rings is 1. The van der Waals surface area contributed by atoms with Crippen molar-refractivity contribution >= 4 is 5.91 Å². The van der Waals surface area contributed by atoms with Gasteiger partial charge in [-0.3, -0.25) is 4.79 Å². The summed E-state index contributed by atoms with van der Waals surface area (Å²) >= 11 is 0. The van der Waals surface area contributed by atoms with Crippen molar-refractivity contribution in [3.8, 4) is 17.4 Å². The molecular formula is C17H20N2O3. The zero-order chi connectivity index (χ0) is 15.9. The standard InChI is InChI=1S/C17H20N2O3/c1-12(19-13(2)20)3-4-14-5-8-16(9-6-14)22-17-10-7-15(21)11-18-17/h5-12,21H,3-4H2,1-2H3,(H,19,20). The second-order valence-corrected chi connectivity index (χ2v) is 5.24. The zero-order valence-electron chi connectivity index (χ0n) is 12.7. The molecule has 5 heteroatoms. The van der Waals surface area contributed by atoms with Gasteiger partial charge in [-0.05, 0) is 43.5 Å². The van der Waals surface area contributed by atoms with Gasteiger partial charge in [0.15, 0.2) is 0 Å². The van der Waals surface area contributed by atoms with Crippen LogP contribution in [0, 0.1) is 0 Å². The summed E-state index contributed by atoms with van der Waals surface area (Å²) in [4.78, 5) is 14.9. The Bertz CT molecular complexity index is 609. The number of rotatable bonds is 6. The highest BCUT2D eigenvalue weighted by Crippen LogP contribution is 2.21. The second-order valence-electron chi connectivity index (χ2n) is 5.24. The van der Waals surface area contributed by atoms with Crippen molar-refractivity contribution < 1.29 is 14.6 Å². The molecule has 1 aromatic heterocycles. The molecule has 5 nitrogen and oxygen atoms in total. The van der Waals surface area contributed by atoms with Gasteiger partial charge in [-0.1, -0.05) is 12.1 Å². The summed E-state index contributed by atoms with van der Waals surface area (Å²) in [5.41, 5.74) is 1.18. The predicted molar refractivity (Wildman–Crippen MR) is 84.0 cm³/mol. The van der Waals surface area contributed by atoms with Crippen LogP contribution in [0.3, 0.4) is 0 Å². The van der Waals surface area contributed by atoms with Gasteiger partial charge in [-0.15, -0.1) is 0 Å². The molecule has 1 unspecified atom stereocenters. The predicted octanol–water partition coefficient (Wildman–Crippen LogP) is 3.04. The zero-order valence-corrected chi connectivity index (χ0v) is 12.7. The lowest BCUT2D eigenvalue weighted by atomic mass is 10.1. The molecular weight excluding hydrogens is 280 g/mol. The number of benzene rings is 1. The number of aromatic nitrogens is 1. The summed E-state index contributed by atoms with van der Waals surface area (Å²) < 4.78 is 5.59. The van der Waals surface area contributed by atoms with Crippen LogP contribution >= 0.6 is 0 Å². The van der Waals surface area contributed by atoms with E-state index < -0.39 is 0 Å². The summed E-state index contributed by atoms with van der Waals surface area (Å²) in [5.74, 6) is 1.23. The summed E-state index contributed by atoms with van der Waals surface area (Å²) in [6.07, 6.45) is 3.12. The van der Waals surface area contributed by atoms with Crippen LogP contribution in [-0.4, -0.2) is 22.0 Å². The first kappa shape index (κ1) is 15.8. The van der Waals surface area contributed by atoms with E-state index in [0.717, 1.165) is 12.8 Å². The first-order valence-electron chi connectivity index (χ1n) is 7.22. The molecule has 2 N–H and O–H groups in total. The number of aromatic hydroxyl groups is 1. The number of nitrogens with one attached hydrogen (secondary N) is 1. The SMILES string of the molecule is CC(=O)NC(C)CCc1ccc(Oc2ccc(O)cn2)cc1. The Kier molecular flexibility index (Phi) is 5.36. The van der Waals surface area contributed by atoms with Crippen molar-refractivity contribution in [1.29, 1.82) is 0 Å². The van der Waals surface area contributed by atoms with Crippen LogP contribution in [0.1, 0.15) is 25.8 Å². The Morgan fingerprint density at radius 1 is 1.27 bits per heavy atom. The van der Waals surface area contributed by atoms with Crippen molar-refractivity contribution in [2.45, 2.75) is 32.7 Å². The highest BCUT2D eigenvalue weighted by Gasteiger charge is 2.04. The van der Waals surface area contributed by atoms with Gasteiger partial charge in [-0.2, -0.15) is 0 Å². The molecule has 0 saturated carbocycles. The van der Waals surface area contributed by atoms with Crippen LogP contribution in [0.15, 0.2) is 42.6 Å². The highest BCUT2D eigenvalue weighted by molar-refractivity contribution is 5.73. The number of hydrogen-bond donors (Lipinski definition) is 2. The third-order valence-corrected chi connectivity index (χ3v) is 3.18. The van der Waals surface area contributed by atoms with Crippen LogP contribution in [0.4, 0.5) is 0 Å². The van der Waals surface area contributed by atoms with Crippen LogP contribution in [0.5, 0.6) is 17.4 Å². The summed E-state index contributed by atoms with van der Waals surface area (Å²) in [6, 6.07) is 11.1. The molecule has 22 heavy (non-hydrogen) atoms. The molecule has 0 aliphatic carbocycles. The number of ether oxygens (including phenoxy) is 1. The van der Waals surface area contributed by atoms with Gasteiger partial charge >= 0.3 is 0 Å². The van der Waals surface area contributed by atoms with Crippen LogP contribution in [0.25, 0.3) is 0 Å². The summed E-state index contributed by atoms with van der Waals surface area (Å²) in [7, 11) is 0. The monoisotopic (exact) mass is 300 g/mol. The molecule has 0 aliphatic rings. The number of nitrogens with zero attached hydrogens (tertiary/aromatic N) is 1. The lowest BCUT2D eigenvalue weighted by molar-refractivity contribution is -0.119. The number of carbonyl (C=O) groups is 1. The molecule has 116 valence electrons. The summed E-state index contributed by atoms with van der Waals surface area (Å²) in [6.45, 7) is 3.52. The minimum atomic E-state index is -0.00218. The molecule has 2 aromatic rings. The molecule has 1 heterocycles. The fourth-order valence-corrected chi connectivity index (χ4v) is 2.08. The number of aryl methyl sites for hydroxylation is 1. The number of hydrogen-bond acceptors (Lipinski definition) is 4. The molecule has 0 spiro atoms. The van der Waals surface area contributed by atoms with Crippen molar-refractivity contribution in [1.82, 2.24) is 10.3 Å². The van der Waals surface area contributed by atoms with E-state index in [1.165, 1.54) is 24.8 Å². The van der Waals surface area contributed by atoms with E-state index >= 15 is 0 Å². The molecule has 0 saturated heterocycles. The van der Waals surface area contributed by atoms with Crippen LogP contribution < -0.4 is 10.1 Å². The molecule has 0 bridgehead atoms. The van der Waals surface area contributed by atoms with Gasteiger partial charge in [0.1, 0.15) is 11.5 Å². The van der Waals surface area contributed by atoms with Crippen molar-refractivity contribution in [2.24, 2.45) is 0 Å². The largest absolute Gasteiger partial charge is 0.506 e. The van der Waals surface area contributed by atoms with E-state index in [1.807, 2.05) is 31.2 Å². The molecule has 0 fully saturated rings. The first-order chi connectivity index (χ1) is 10.5. The number of amides is 1. The third kappa shape index (κ3) is 5.09. The maximum absolute atomic E-state index is 11.0. The van der Waals surface area contributed by atoms with Crippen molar-refractivity contribution in [3.05, 3.63) is 48.2 Å². The van der Waals surface area contributed by atoms with Gasteiger partial charge in [0.05, 0.1) is 6.20 Å². The van der Waals surface area contributed by atoms with Crippen molar-refractivity contribution in [2.75, 3.05) is 0 Å². The molecule has 1 aromatic carbocycles. The third-order valence-electron chi connectivity index (χ3n) is 3.18. The minimum absolute atomic E-state index is 0.00218. The Balaban J connectivity index is 1.87. The first-order valence-corrected chi connectivity index (χ1v) is 7.22. The fourth-order valence-electron chi connectivity index (χ4n) is 2.08. The normalized spacial score (nSPS) is 11.7. The molecule has 1 amide bonds. The van der Waals surface area contributed by atoms with Gasteiger partial charge in [0.2, 0.25) is 11.8 Å². The Hall–Kier alpha value is -2.56. The van der Waals surface area contributed by atoms with Gasteiger partial charge < -0.3 is 15.2 Å². The van der Waals surface area contributed by atoms with Crippen molar-refractivity contribution in [3.63, 3.8) is 0 Å². The van der Waals surface area contributed by atoms with E-state index in [-0.39, 0.29) is 17.7 Å². The van der Waals surface area contributed by atoms with Gasteiger partial charge in [0, 0.05) is 19.0 Å². The Morgan fingerprint density at radius 3 is 2.59 bits per heavy atom. The maximum atomic E-state index is 11.0. The topological polar surface area (TPSA) is 71.5 Å². The lowest BCUT2D eigenvalue weighted by Crippen LogP contribution is -2.30. The molecule has 2 rings (SSSR count). The van der Waals surface area contributed by atoms with E-state index in [1.54, 1.807) is 6.07 Å². The average Bonchev–Trinajstić information content (AvgIpc) is 2.48. The minimum Gasteiger partial charge on any atom is -0.506 e. The van der Waals surface area contributed by atoms with E-state index in [2.05, 4.69) is 10.3 Å². The lowest BCUT2D eigenvalue weighted by Gasteiger charge is -2.12. The second kappa shape index (κ2) is 7.45. The Labute approximate surface area is 130 Å². The highest BCUT2D eigenvalue weighted by atomic mass is 16.5. The van der Waals surface area contributed by atoms with Crippen LogP contribution in [0.2, 0.25) is 0 Å². The number of carbonyl (C=O) groups excluding carboxylic acids is 1. The van der Waals surface area contributed by atoms with Gasteiger partial charge in [0.25, 0.3) is 0 Å². The van der Waals surface area contributed by atoms with E-state index in [9.17, 15) is 9.90 Å². The van der Waals surface area contributed by atoms with Gasteiger partial charge in [-0.25, -0.2) is 4.98 Å². The molecule has 0 radical (unpaired) electrons. The Morgan fingerprint density at radius 2 is 2.00 bits per heavy atom.